The number of nitrogens with zero attached hydrogens (tertiary/aromatic N) is 4. The van der Waals surface area contributed by atoms with Crippen LogP contribution in [0.1, 0.15) is 21.9 Å². The molecule has 1 unspecified atom stereocenters. The van der Waals surface area contributed by atoms with E-state index in [1.54, 1.807) is 10.8 Å². The van der Waals surface area contributed by atoms with E-state index in [9.17, 15) is 4.79 Å². The monoisotopic (exact) mass is 396 g/mol. The van der Waals surface area contributed by atoms with Gasteiger partial charge in [-0.2, -0.15) is 4.57 Å². The topological polar surface area (TPSA) is 63.7 Å². The third-order valence-electron chi connectivity index (χ3n) is 5.46. The van der Waals surface area contributed by atoms with E-state index < -0.39 is 0 Å². The Morgan fingerprint density at radius 3 is 2.50 bits per heavy atom. The van der Waals surface area contributed by atoms with Gasteiger partial charge in [0.25, 0.3) is 0 Å². The highest BCUT2D eigenvalue weighted by Crippen LogP contribution is 2.24. The molecule has 6 nitrogen and oxygen atoms in total. The fourth-order valence-electron chi connectivity index (χ4n) is 3.85. The first-order valence-electron chi connectivity index (χ1n) is 10.0. The number of fused-ring (bicyclic) bond motifs is 1. The van der Waals surface area contributed by atoms with Gasteiger partial charge in [-0.25, -0.2) is 14.8 Å². The van der Waals surface area contributed by atoms with Gasteiger partial charge in [0.05, 0.1) is 6.42 Å². The van der Waals surface area contributed by atoms with Crippen LogP contribution in [0.5, 0.6) is 0 Å². The first-order valence-corrected chi connectivity index (χ1v) is 10.0. The van der Waals surface area contributed by atoms with E-state index in [-0.39, 0.29) is 11.9 Å². The van der Waals surface area contributed by atoms with Gasteiger partial charge >= 0.3 is 11.7 Å². The molecule has 0 amide bonds. The quantitative estimate of drug-likeness (QED) is 0.527. The van der Waals surface area contributed by atoms with Gasteiger partial charge in [0.1, 0.15) is 23.4 Å². The van der Waals surface area contributed by atoms with Gasteiger partial charge in [-0.1, -0.05) is 60.7 Å². The molecule has 2 aromatic carbocycles. The van der Waals surface area contributed by atoms with Crippen LogP contribution >= 0.6 is 0 Å². The van der Waals surface area contributed by atoms with Crippen molar-refractivity contribution in [3.8, 4) is 11.3 Å². The van der Waals surface area contributed by atoms with Crippen LogP contribution in [0.4, 0.5) is 5.82 Å². The largest absolute Gasteiger partial charge is 0.359 e. The average molecular weight is 396 g/mol. The number of hydrogen-bond donors (Lipinski definition) is 1. The van der Waals surface area contributed by atoms with Crippen LogP contribution in [-0.2, 0) is 19.9 Å². The summed E-state index contributed by atoms with van der Waals surface area (Å²) in [5.41, 5.74) is 3.79. The van der Waals surface area contributed by atoms with Crippen molar-refractivity contribution in [2.75, 3.05) is 5.32 Å². The van der Waals surface area contributed by atoms with Crippen LogP contribution in [0.15, 0.2) is 79.3 Å². The molecule has 0 saturated carbocycles. The number of aryl methyl sites for hydroxylation is 1. The van der Waals surface area contributed by atoms with Gasteiger partial charge in [0.15, 0.2) is 0 Å². The van der Waals surface area contributed by atoms with Crippen molar-refractivity contribution in [3.63, 3.8) is 0 Å². The summed E-state index contributed by atoms with van der Waals surface area (Å²) in [5.74, 6) is 1.65. The van der Waals surface area contributed by atoms with Crippen LogP contribution in [0.2, 0.25) is 0 Å². The third-order valence-corrected chi connectivity index (χ3v) is 5.46. The Kier molecular flexibility index (Phi) is 4.59. The van der Waals surface area contributed by atoms with Gasteiger partial charge in [0.2, 0.25) is 6.04 Å². The smallest absolute Gasteiger partial charge is 0.338 e. The lowest BCUT2D eigenvalue weighted by atomic mass is 10.1. The fourth-order valence-corrected chi connectivity index (χ4v) is 3.85. The van der Waals surface area contributed by atoms with Crippen molar-refractivity contribution >= 4 is 11.7 Å². The summed E-state index contributed by atoms with van der Waals surface area (Å²) in [6.07, 6.45) is 6.66. The van der Waals surface area contributed by atoms with Crippen LogP contribution < -0.4 is 9.88 Å². The van der Waals surface area contributed by atoms with E-state index in [2.05, 4.69) is 22.4 Å². The summed E-state index contributed by atoms with van der Waals surface area (Å²) in [6.45, 7) is 0. The molecular formula is C24H22N5O+. The van der Waals surface area contributed by atoms with Crippen molar-refractivity contribution in [1.29, 1.82) is 0 Å². The number of benzene rings is 2. The Morgan fingerprint density at radius 1 is 1.07 bits per heavy atom. The molecule has 1 atom stereocenters. The van der Waals surface area contributed by atoms with E-state index >= 15 is 0 Å². The number of hydrogen-bond acceptors (Lipinski definition) is 4. The minimum Gasteiger partial charge on any atom is -0.338 e. The molecule has 0 radical (unpaired) electrons. The van der Waals surface area contributed by atoms with E-state index in [4.69, 9.17) is 4.98 Å². The molecule has 148 valence electrons. The van der Waals surface area contributed by atoms with E-state index in [0.29, 0.717) is 12.8 Å². The number of anilines is 1. The lowest BCUT2D eigenvalue weighted by molar-refractivity contribution is -0.552. The summed E-state index contributed by atoms with van der Waals surface area (Å²) in [4.78, 5) is 22.6. The van der Waals surface area contributed by atoms with Gasteiger partial charge < -0.3 is 4.57 Å². The Bertz CT molecular complexity index is 1200. The average Bonchev–Trinajstić information content (AvgIpc) is 3.33. The molecule has 3 heterocycles. The Hall–Kier alpha value is -3.80. The highest BCUT2D eigenvalue weighted by atomic mass is 16.2. The van der Waals surface area contributed by atoms with E-state index in [0.717, 1.165) is 34.2 Å². The second-order valence-electron chi connectivity index (χ2n) is 7.51. The van der Waals surface area contributed by atoms with Crippen molar-refractivity contribution in [1.82, 2.24) is 14.5 Å². The molecule has 1 aliphatic heterocycles. The molecule has 2 aromatic heterocycles. The summed E-state index contributed by atoms with van der Waals surface area (Å²) < 4.78 is 3.67. The van der Waals surface area contributed by atoms with Crippen molar-refractivity contribution in [2.45, 2.75) is 18.9 Å². The molecule has 0 aliphatic carbocycles. The minimum absolute atomic E-state index is 0.0156. The van der Waals surface area contributed by atoms with Crippen molar-refractivity contribution in [2.24, 2.45) is 7.05 Å². The maximum absolute atomic E-state index is 13.3. The van der Waals surface area contributed by atoms with Gasteiger partial charge in [-0.3, -0.25) is 5.32 Å². The highest BCUT2D eigenvalue weighted by Gasteiger charge is 2.41. The Morgan fingerprint density at radius 2 is 1.80 bits per heavy atom. The Labute approximate surface area is 174 Å². The van der Waals surface area contributed by atoms with Crippen LogP contribution in [0.25, 0.3) is 11.3 Å². The SMILES string of the molecule is Cn1ccnc1CC1Nc2c(Cc3ccccc3)nc(-c3ccccc3)c[n+]2C1=O. The van der Waals surface area contributed by atoms with Crippen LogP contribution in [0, 0.1) is 0 Å². The predicted molar refractivity (Wildman–Crippen MR) is 114 cm³/mol. The number of nitrogens with one attached hydrogen (secondary N) is 1. The molecule has 4 aromatic rings. The summed E-state index contributed by atoms with van der Waals surface area (Å²) in [7, 11) is 1.94. The normalized spacial score (nSPS) is 15.1. The van der Waals surface area contributed by atoms with Gasteiger partial charge in [-0.15, -0.1) is 0 Å². The molecule has 30 heavy (non-hydrogen) atoms. The minimum atomic E-state index is -0.367. The second-order valence-corrected chi connectivity index (χ2v) is 7.51. The number of carbonyl (C=O) groups is 1. The maximum atomic E-state index is 13.3. The second kappa shape index (κ2) is 7.55. The van der Waals surface area contributed by atoms with Gasteiger partial charge in [0, 0.05) is 31.4 Å². The molecule has 5 rings (SSSR count). The molecule has 1 aliphatic rings. The zero-order valence-electron chi connectivity index (χ0n) is 16.7. The zero-order chi connectivity index (χ0) is 20.5. The third kappa shape index (κ3) is 3.37. The Balaban J connectivity index is 1.56. The summed E-state index contributed by atoms with van der Waals surface area (Å²) >= 11 is 0. The van der Waals surface area contributed by atoms with Crippen molar-refractivity contribution < 1.29 is 9.36 Å². The molecule has 6 heteroatoms. The van der Waals surface area contributed by atoms with E-state index in [1.807, 2.05) is 72.5 Å². The molecular weight excluding hydrogens is 374 g/mol. The molecule has 0 spiro atoms. The summed E-state index contributed by atoms with van der Waals surface area (Å²) in [5, 5.41) is 3.41. The lowest BCUT2D eigenvalue weighted by Gasteiger charge is -2.07. The zero-order valence-corrected chi connectivity index (χ0v) is 16.7. The standard InChI is InChI=1S/C24H21N5O/c1-28-13-12-25-22(28)15-20-24(30)29-16-21(18-10-6-3-7-11-18)26-19(23(29)27-20)14-17-8-4-2-5-9-17/h2-13,16,20H,14-15H2,1H3/p+1. The van der Waals surface area contributed by atoms with E-state index in [1.165, 1.54) is 0 Å². The molecule has 0 saturated heterocycles. The number of aromatic nitrogens is 4. The maximum Gasteiger partial charge on any atom is 0.359 e. The molecule has 0 bridgehead atoms. The molecule has 0 fully saturated rings. The van der Waals surface area contributed by atoms with Crippen LogP contribution in [-0.4, -0.2) is 26.5 Å². The number of carbonyl (C=O) groups excluding carboxylic acids is 1. The highest BCUT2D eigenvalue weighted by molar-refractivity contribution is 5.82. The number of rotatable bonds is 5. The summed E-state index contributed by atoms with van der Waals surface area (Å²) in [6, 6.07) is 19.8. The first-order chi connectivity index (χ1) is 14.7. The lowest BCUT2D eigenvalue weighted by Crippen LogP contribution is -2.44. The van der Waals surface area contributed by atoms with Gasteiger partial charge in [-0.05, 0) is 5.56 Å². The first kappa shape index (κ1) is 18.2. The number of imidazole rings is 1. The fraction of sp³-hybridized carbons (Fsp3) is 0.167. The van der Waals surface area contributed by atoms with Crippen LogP contribution in [0.3, 0.4) is 0 Å². The van der Waals surface area contributed by atoms with Crippen molar-refractivity contribution in [3.05, 3.63) is 96.3 Å². The molecule has 1 N–H and O–H groups in total. The predicted octanol–water partition coefficient (Wildman–Crippen LogP) is 3.04.